The zero-order valence-corrected chi connectivity index (χ0v) is 28.2. The number of carbonyl (C=O) groups excluding carboxylic acids is 1. The van der Waals surface area contributed by atoms with Gasteiger partial charge in [-0.2, -0.15) is 17.7 Å². The Morgan fingerprint density at radius 2 is 1.86 bits per heavy atom. The summed E-state index contributed by atoms with van der Waals surface area (Å²) in [6.07, 6.45) is 0.343. The van der Waals surface area contributed by atoms with E-state index in [0.29, 0.717) is 31.4 Å². The van der Waals surface area contributed by atoms with Crippen molar-refractivity contribution in [2.24, 2.45) is 7.05 Å². The normalized spacial score (nSPS) is 16.6. The molecule has 1 atom stereocenters. The van der Waals surface area contributed by atoms with Crippen molar-refractivity contribution in [2.45, 2.75) is 58.5 Å². The third-order valence-electron chi connectivity index (χ3n) is 8.32. The molecule has 2 aliphatic heterocycles. The Morgan fingerprint density at radius 1 is 1.10 bits per heavy atom. The number of nitrogens with one attached hydrogen (secondary N) is 2. The van der Waals surface area contributed by atoms with Crippen molar-refractivity contribution in [3.63, 3.8) is 0 Å². The van der Waals surface area contributed by atoms with Crippen molar-refractivity contribution < 1.29 is 31.1 Å². The standard InChI is InChI=1S/C33H36F3N7O5S/c1-33(2,3)48-32(45)42-16-20-6-5-19(13-22(20)17-42)9-11-37-31-38-15-21-14-24(30(44)41(4)29(21)39-31)27-25(35)7-8-26(28(27)36)40-49(46,47)43-12-10-23(34)18-43/h5-8,13-15,23,40H,9-12,16-18H2,1-4H3,(H,37,38,39)/t23-/m1/s1. The van der Waals surface area contributed by atoms with Crippen LogP contribution in [-0.2, 0) is 41.5 Å². The molecule has 0 spiro atoms. The molecule has 0 aliphatic carbocycles. The molecule has 4 heterocycles. The lowest BCUT2D eigenvalue weighted by atomic mass is 10.0. The third-order valence-corrected chi connectivity index (χ3v) is 9.81. The highest BCUT2D eigenvalue weighted by Crippen LogP contribution is 2.32. The van der Waals surface area contributed by atoms with E-state index < -0.39 is 50.4 Å². The van der Waals surface area contributed by atoms with Crippen molar-refractivity contribution in [1.82, 2.24) is 23.7 Å². The molecule has 2 aliphatic rings. The summed E-state index contributed by atoms with van der Waals surface area (Å²) in [6.45, 7) is 6.42. The van der Waals surface area contributed by atoms with E-state index in [4.69, 9.17) is 4.74 Å². The van der Waals surface area contributed by atoms with E-state index in [1.54, 1.807) is 4.90 Å². The van der Waals surface area contributed by atoms with Crippen LogP contribution in [0.1, 0.15) is 43.9 Å². The van der Waals surface area contributed by atoms with E-state index in [-0.39, 0.29) is 42.8 Å². The van der Waals surface area contributed by atoms with E-state index in [1.807, 2.05) is 37.6 Å². The maximum absolute atomic E-state index is 15.7. The number of halogens is 3. The van der Waals surface area contributed by atoms with Gasteiger partial charge >= 0.3 is 16.3 Å². The number of aromatic nitrogens is 3. The number of nitrogens with zero attached hydrogens (tertiary/aromatic N) is 5. The average molecular weight is 700 g/mol. The van der Waals surface area contributed by atoms with Crippen LogP contribution in [0.2, 0.25) is 0 Å². The number of amides is 1. The monoisotopic (exact) mass is 699 g/mol. The number of alkyl halides is 1. The van der Waals surface area contributed by atoms with Gasteiger partial charge in [-0.3, -0.25) is 19.0 Å². The number of carbonyl (C=O) groups is 1. The lowest BCUT2D eigenvalue weighted by Gasteiger charge is -2.24. The van der Waals surface area contributed by atoms with Crippen molar-refractivity contribution >= 4 is 39.0 Å². The van der Waals surface area contributed by atoms with Gasteiger partial charge in [-0.15, -0.1) is 0 Å². The number of hydrogen-bond acceptors (Lipinski definition) is 8. The van der Waals surface area contributed by atoms with Crippen LogP contribution in [0.4, 0.5) is 29.6 Å². The predicted octanol–water partition coefficient (Wildman–Crippen LogP) is 4.88. The highest BCUT2D eigenvalue weighted by Gasteiger charge is 2.33. The topological polar surface area (TPSA) is 139 Å². The minimum absolute atomic E-state index is 0.0107. The minimum atomic E-state index is -4.33. The average Bonchev–Trinajstić information content (AvgIpc) is 3.67. The summed E-state index contributed by atoms with van der Waals surface area (Å²) in [6, 6.07) is 9.06. The molecule has 0 radical (unpaired) electrons. The van der Waals surface area contributed by atoms with Crippen molar-refractivity contribution in [1.29, 1.82) is 0 Å². The molecule has 0 saturated carbocycles. The Kier molecular flexibility index (Phi) is 9.04. The van der Waals surface area contributed by atoms with E-state index in [0.717, 1.165) is 37.7 Å². The molecule has 4 aromatic rings. The van der Waals surface area contributed by atoms with Crippen LogP contribution in [0.15, 0.2) is 47.4 Å². The van der Waals surface area contributed by atoms with Crippen LogP contribution in [-0.4, -0.2) is 69.7 Å². The van der Waals surface area contributed by atoms with Crippen molar-refractivity contribution in [3.05, 3.63) is 81.3 Å². The zero-order valence-electron chi connectivity index (χ0n) is 27.4. The van der Waals surface area contributed by atoms with Crippen LogP contribution in [0.5, 0.6) is 0 Å². The minimum Gasteiger partial charge on any atom is -0.444 e. The molecule has 0 unspecified atom stereocenters. The van der Waals surface area contributed by atoms with Gasteiger partial charge in [-0.25, -0.2) is 22.9 Å². The van der Waals surface area contributed by atoms with Crippen LogP contribution >= 0.6 is 0 Å². The van der Waals surface area contributed by atoms with Crippen LogP contribution in [0.25, 0.3) is 22.2 Å². The fourth-order valence-corrected chi connectivity index (χ4v) is 7.14. The van der Waals surface area contributed by atoms with Gasteiger partial charge in [0, 0.05) is 51.4 Å². The fourth-order valence-electron chi connectivity index (χ4n) is 5.88. The molecule has 49 heavy (non-hydrogen) atoms. The second-order valence-corrected chi connectivity index (χ2v) is 14.8. The number of hydrogen-bond donors (Lipinski definition) is 2. The molecule has 2 aromatic carbocycles. The smallest absolute Gasteiger partial charge is 0.410 e. The lowest BCUT2D eigenvalue weighted by molar-refractivity contribution is 0.0241. The van der Waals surface area contributed by atoms with Gasteiger partial charge in [0.1, 0.15) is 23.2 Å². The molecule has 1 fully saturated rings. The third kappa shape index (κ3) is 7.20. The van der Waals surface area contributed by atoms with E-state index in [1.165, 1.54) is 19.3 Å². The molecular weight excluding hydrogens is 663 g/mol. The molecule has 2 N–H and O–H groups in total. The quantitative estimate of drug-likeness (QED) is 0.266. The lowest BCUT2D eigenvalue weighted by Crippen LogP contribution is -2.34. The van der Waals surface area contributed by atoms with Gasteiger partial charge in [0.15, 0.2) is 5.82 Å². The maximum atomic E-state index is 15.7. The van der Waals surface area contributed by atoms with E-state index in [9.17, 15) is 22.4 Å². The molecule has 12 nitrogen and oxygen atoms in total. The van der Waals surface area contributed by atoms with E-state index in [2.05, 4.69) is 21.4 Å². The summed E-state index contributed by atoms with van der Waals surface area (Å²) in [5, 5.41) is 3.45. The zero-order chi connectivity index (χ0) is 35.2. The van der Waals surface area contributed by atoms with Gasteiger partial charge in [0.25, 0.3) is 5.56 Å². The number of benzene rings is 2. The van der Waals surface area contributed by atoms with Gasteiger partial charge < -0.3 is 10.1 Å². The van der Waals surface area contributed by atoms with Crippen molar-refractivity contribution in [2.75, 3.05) is 29.7 Å². The predicted molar refractivity (Wildman–Crippen MR) is 178 cm³/mol. The Bertz CT molecular complexity index is 2120. The SMILES string of the molecule is Cn1c(=O)c(-c2c(F)ccc(NS(=O)(=O)N3CC[C@@H](F)C3)c2F)cc2cnc(NCCc3ccc4c(c3)CN(C(=O)OC(C)(C)C)C4)nc21. The molecule has 1 amide bonds. The summed E-state index contributed by atoms with van der Waals surface area (Å²) in [7, 11) is -2.92. The second-order valence-electron chi connectivity index (χ2n) is 13.1. The highest BCUT2D eigenvalue weighted by atomic mass is 32.2. The first-order chi connectivity index (χ1) is 23.1. The molecule has 260 valence electrons. The van der Waals surface area contributed by atoms with E-state index >= 15 is 8.78 Å². The van der Waals surface area contributed by atoms with Gasteiger partial charge in [0.05, 0.1) is 16.8 Å². The summed E-state index contributed by atoms with van der Waals surface area (Å²) in [4.78, 5) is 36.3. The van der Waals surface area contributed by atoms with Crippen LogP contribution in [0.3, 0.4) is 0 Å². The molecule has 0 bridgehead atoms. The maximum Gasteiger partial charge on any atom is 0.410 e. The number of fused-ring (bicyclic) bond motifs is 2. The van der Waals surface area contributed by atoms with Gasteiger partial charge in [-0.1, -0.05) is 18.2 Å². The molecular formula is C33H36F3N7O5S. The first-order valence-corrected chi connectivity index (χ1v) is 17.1. The number of aryl methyl sites for hydroxylation is 1. The Hall–Kier alpha value is -4.70. The first-order valence-electron chi connectivity index (χ1n) is 15.7. The Labute approximate surface area is 281 Å². The summed E-state index contributed by atoms with van der Waals surface area (Å²) >= 11 is 0. The molecule has 2 aromatic heterocycles. The number of rotatable bonds is 8. The molecule has 16 heteroatoms. The summed E-state index contributed by atoms with van der Waals surface area (Å²) in [5.74, 6) is -2.14. The summed E-state index contributed by atoms with van der Waals surface area (Å²) < 4.78 is 79.3. The Morgan fingerprint density at radius 3 is 2.57 bits per heavy atom. The van der Waals surface area contributed by atoms with Crippen LogP contribution in [0, 0.1) is 11.6 Å². The molecule has 1 saturated heterocycles. The fraction of sp³-hybridized carbons (Fsp3) is 0.394. The number of ether oxygens (including phenoxy) is 1. The number of anilines is 2. The van der Waals surface area contributed by atoms with Gasteiger partial charge in [0.2, 0.25) is 5.95 Å². The second kappa shape index (κ2) is 13.0. The largest absolute Gasteiger partial charge is 0.444 e. The molecule has 6 rings (SSSR count). The Balaban J connectivity index is 1.16. The van der Waals surface area contributed by atoms with Crippen LogP contribution < -0.4 is 15.6 Å². The van der Waals surface area contributed by atoms with Gasteiger partial charge in [-0.05, 0) is 68.5 Å². The van der Waals surface area contributed by atoms with Crippen molar-refractivity contribution in [3.8, 4) is 11.1 Å². The first kappa shape index (κ1) is 34.2. The number of pyridine rings is 1. The highest BCUT2D eigenvalue weighted by molar-refractivity contribution is 7.90. The summed E-state index contributed by atoms with van der Waals surface area (Å²) in [5.41, 5.74) is 0.342.